The van der Waals surface area contributed by atoms with Gasteiger partial charge in [0.15, 0.2) is 0 Å². The topological polar surface area (TPSA) is 129 Å². The molecule has 9 heteroatoms. The Morgan fingerprint density at radius 2 is 1.89 bits per heavy atom. The van der Waals surface area contributed by atoms with Crippen molar-refractivity contribution in [2.24, 2.45) is 0 Å². The van der Waals surface area contributed by atoms with E-state index in [4.69, 9.17) is 4.74 Å². The van der Waals surface area contributed by atoms with Gasteiger partial charge in [0, 0.05) is 41.5 Å². The maximum absolute atomic E-state index is 12.2. The minimum absolute atomic E-state index is 0.0384. The number of carbonyl (C=O) groups excluding carboxylic acids is 1. The molecule has 0 unspecified atom stereocenters. The molecule has 1 aliphatic carbocycles. The Morgan fingerprint density at radius 3 is 2.54 bits per heavy atom. The van der Waals surface area contributed by atoms with Crippen molar-refractivity contribution in [1.82, 2.24) is 19.9 Å². The molecule has 0 bridgehead atoms. The van der Waals surface area contributed by atoms with Crippen LogP contribution in [0.1, 0.15) is 50.3 Å². The van der Waals surface area contributed by atoms with E-state index in [0.29, 0.717) is 22.6 Å². The molecule has 0 aliphatic heterocycles. The highest BCUT2D eigenvalue weighted by Crippen LogP contribution is 2.44. The number of nitrogens with zero attached hydrogens (tertiary/aromatic N) is 5. The van der Waals surface area contributed by atoms with Crippen molar-refractivity contribution in [3.8, 4) is 35.2 Å². The minimum Gasteiger partial charge on any atom is -0.424 e. The predicted molar refractivity (Wildman–Crippen MR) is 139 cm³/mol. The van der Waals surface area contributed by atoms with E-state index in [1.807, 2.05) is 32.0 Å². The number of nitrogens with one attached hydrogen (secondary N) is 2. The van der Waals surface area contributed by atoms with Gasteiger partial charge < -0.3 is 19.9 Å². The molecule has 4 aromatic rings. The number of aromatic nitrogens is 3. The standard InChI is InChI=1S/C28H25N7O2/c1-17(2)33-27(36)34-24-10-7-18(13-19(24)15-29)26-23(16-30)22-9-8-21(37-28-31-11-4-12-32-28)14-25(22)35(26)20-5-3-6-20/h4,7-14,17,20H,3,5-6H2,1-2H3,(H2,33,34,36). The van der Waals surface area contributed by atoms with E-state index >= 15 is 0 Å². The lowest BCUT2D eigenvalue weighted by molar-refractivity contribution is 0.250. The van der Waals surface area contributed by atoms with Crippen LogP contribution in [0.3, 0.4) is 0 Å². The van der Waals surface area contributed by atoms with Crippen LogP contribution in [0.5, 0.6) is 11.8 Å². The first kappa shape index (κ1) is 23.8. The molecule has 37 heavy (non-hydrogen) atoms. The van der Waals surface area contributed by atoms with E-state index in [2.05, 4.69) is 37.3 Å². The van der Waals surface area contributed by atoms with Crippen LogP contribution in [-0.4, -0.2) is 26.6 Å². The number of urea groups is 1. The van der Waals surface area contributed by atoms with Gasteiger partial charge in [-0.25, -0.2) is 14.8 Å². The summed E-state index contributed by atoms with van der Waals surface area (Å²) in [6.45, 7) is 3.72. The normalized spacial score (nSPS) is 13.0. The number of rotatable bonds is 6. The highest BCUT2D eigenvalue weighted by Gasteiger charge is 2.28. The fourth-order valence-corrected chi connectivity index (χ4v) is 4.53. The fraction of sp³-hybridized carbons (Fsp3) is 0.250. The number of amides is 2. The average molecular weight is 492 g/mol. The molecule has 0 spiro atoms. The highest BCUT2D eigenvalue weighted by atomic mass is 16.5. The van der Waals surface area contributed by atoms with Crippen LogP contribution in [0.2, 0.25) is 0 Å². The second kappa shape index (κ2) is 10.00. The SMILES string of the molecule is CC(C)NC(=O)Nc1ccc(-c2c(C#N)c3ccc(Oc4ncccn4)cc3n2C2CCC2)cc1C#N. The Kier molecular flexibility index (Phi) is 6.44. The van der Waals surface area contributed by atoms with Gasteiger partial charge >= 0.3 is 12.0 Å². The number of fused-ring (bicyclic) bond motifs is 1. The van der Waals surface area contributed by atoms with Gasteiger partial charge in [-0.15, -0.1) is 0 Å². The Hall–Kier alpha value is -4.89. The molecule has 9 nitrogen and oxygen atoms in total. The maximum atomic E-state index is 12.2. The molecule has 1 aliphatic rings. The zero-order valence-corrected chi connectivity index (χ0v) is 20.5. The zero-order valence-electron chi connectivity index (χ0n) is 20.5. The van der Waals surface area contributed by atoms with Crippen molar-refractivity contribution < 1.29 is 9.53 Å². The summed E-state index contributed by atoms with van der Waals surface area (Å²) in [5.74, 6) is 0.571. The summed E-state index contributed by atoms with van der Waals surface area (Å²) in [7, 11) is 0. The van der Waals surface area contributed by atoms with E-state index in [-0.39, 0.29) is 24.1 Å². The minimum atomic E-state index is -0.379. The van der Waals surface area contributed by atoms with Crippen molar-refractivity contribution in [2.75, 3.05) is 5.32 Å². The molecule has 0 saturated heterocycles. The van der Waals surface area contributed by atoms with Crippen molar-refractivity contribution in [1.29, 1.82) is 10.5 Å². The monoisotopic (exact) mass is 491 g/mol. The highest BCUT2D eigenvalue weighted by molar-refractivity contribution is 5.96. The lowest BCUT2D eigenvalue weighted by Crippen LogP contribution is -2.34. The van der Waals surface area contributed by atoms with Gasteiger partial charge in [0.2, 0.25) is 0 Å². The van der Waals surface area contributed by atoms with E-state index < -0.39 is 0 Å². The summed E-state index contributed by atoms with van der Waals surface area (Å²) < 4.78 is 8.06. The number of carbonyl (C=O) groups is 1. The van der Waals surface area contributed by atoms with E-state index in [0.717, 1.165) is 41.4 Å². The number of hydrogen-bond donors (Lipinski definition) is 2. The molecular formula is C28H25N7O2. The van der Waals surface area contributed by atoms with Gasteiger partial charge in [0.25, 0.3) is 0 Å². The Labute approximate surface area is 214 Å². The van der Waals surface area contributed by atoms with Gasteiger partial charge in [0.1, 0.15) is 17.9 Å². The summed E-state index contributed by atoms with van der Waals surface area (Å²) >= 11 is 0. The third kappa shape index (κ3) is 4.67. The van der Waals surface area contributed by atoms with Gasteiger partial charge in [0.05, 0.1) is 28.0 Å². The van der Waals surface area contributed by atoms with Crippen LogP contribution in [0.25, 0.3) is 22.2 Å². The smallest absolute Gasteiger partial charge is 0.321 e. The molecular weight excluding hydrogens is 466 g/mol. The van der Waals surface area contributed by atoms with E-state index in [9.17, 15) is 15.3 Å². The average Bonchev–Trinajstić information content (AvgIpc) is 3.16. The maximum Gasteiger partial charge on any atom is 0.321 e. The van der Waals surface area contributed by atoms with E-state index in [1.54, 1.807) is 36.7 Å². The zero-order chi connectivity index (χ0) is 25.9. The van der Waals surface area contributed by atoms with Crippen molar-refractivity contribution in [2.45, 2.75) is 45.2 Å². The Bertz CT molecular complexity index is 1560. The molecule has 1 saturated carbocycles. The van der Waals surface area contributed by atoms with Gasteiger partial charge in [-0.1, -0.05) is 6.07 Å². The van der Waals surface area contributed by atoms with E-state index in [1.165, 1.54) is 0 Å². The molecule has 2 aromatic heterocycles. The summed E-state index contributed by atoms with van der Waals surface area (Å²) in [6.07, 6.45) is 6.32. The molecule has 1 fully saturated rings. The first-order valence-electron chi connectivity index (χ1n) is 12.1. The number of benzene rings is 2. The van der Waals surface area contributed by atoms with Crippen LogP contribution < -0.4 is 15.4 Å². The van der Waals surface area contributed by atoms with Crippen LogP contribution in [0.15, 0.2) is 54.9 Å². The summed E-state index contributed by atoms with van der Waals surface area (Å²) in [4.78, 5) is 20.5. The third-order valence-electron chi connectivity index (χ3n) is 6.36. The number of anilines is 1. The lowest BCUT2D eigenvalue weighted by atomic mass is 9.92. The van der Waals surface area contributed by atoms with Crippen molar-refractivity contribution in [3.63, 3.8) is 0 Å². The molecule has 0 radical (unpaired) electrons. The lowest BCUT2D eigenvalue weighted by Gasteiger charge is -2.30. The van der Waals surface area contributed by atoms with Crippen LogP contribution in [0, 0.1) is 22.7 Å². The molecule has 5 rings (SSSR count). The first-order chi connectivity index (χ1) is 18.0. The molecule has 2 heterocycles. The molecule has 2 N–H and O–H groups in total. The number of hydrogen-bond acceptors (Lipinski definition) is 6. The van der Waals surface area contributed by atoms with Crippen molar-refractivity contribution >= 4 is 22.6 Å². The van der Waals surface area contributed by atoms with Crippen LogP contribution >= 0.6 is 0 Å². The Morgan fingerprint density at radius 1 is 1.11 bits per heavy atom. The molecule has 0 atom stereocenters. The van der Waals surface area contributed by atoms with Gasteiger partial charge in [-0.2, -0.15) is 10.5 Å². The van der Waals surface area contributed by atoms with Crippen LogP contribution in [0.4, 0.5) is 10.5 Å². The second-order valence-corrected chi connectivity index (χ2v) is 9.23. The van der Waals surface area contributed by atoms with Crippen molar-refractivity contribution in [3.05, 3.63) is 66.0 Å². The van der Waals surface area contributed by atoms with Gasteiger partial charge in [-0.05, 0) is 63.4 Å². The molecule has 2 amide bonds. The predicted octanol–water partition coefficient (Wildman–Crippen LogP) is 5.89. The summed E-state index contributed by atoms with van der Waals surface area (Å²) in [5.41, 5.74) is 3.63. The van der Waals surface area contributed by atoms with Crippen LogP contribution in [-0.2, 0) is 0 Å². The Balaban J connectivity index is 1.62. The quantitative estimate of drug-likeness (QED) is 0.346. The van der Waals surface area contributed by atoms with Gasteiger partial charge in [-0.3, -0.25) is 0 Å². The largest absolute Gasteiger partial charge is 0.424 e. The molecule has 184 valence electrons. The number of nitriles is 2. The second-order valence-electron chi connectivity index (χ2n) is 9.23. The number of ether oxygens (including phenoxy) is 1. The first-order valence-corrected chi connectivity index (χ1v) is 12.1. The molecule has 2 aromatic carbocycles. The third-order valence-corrected chi connectivity index (χ3v) is 6.36. The summed E-state index contributed by atoms with van der Waals surface area (Å²) in [6, 6.07) is 17.2. The fourth-order valence-electron chi connectivity index (χ4n) is 4.53. The summed E-state index contributed by atoms with van der Waals surface area (Å²) in [5, 5.41) is 26.4.